The van der Waals surface area contributed by atoms with Gasteiger partial charge in [-0.2, -0.15) is 0 Å². The van der Waals surface area contributed by atoms with Crippen molar-refractivity contribution in [2.45, 2.75) is 0 Å². The van der Waals surface area contributed by atoms with E-state index in [1.165, 1.54) is 27.5 Å². The molecule has 0 bridgehead atoms. The first-order valence-electron chi connectivity index (χ1n) is 6.06. The van der Waals surface area contributed by atoms with Crippen LogP contribution >= 0.6 is 0 Å². The van der Waals surface area contributed by atoms with Crippen LogP contribution in [0.1, 0.15) is 0 Å². The van der Waals surface area contributed by atoms with E-state index in [2.05, 4.69) is 70.4 Å². The topological polar surface area (TPSA) is 20.2 Å². The molecule has 0 spiro atoms. The first kappa shape index (κ1) is 9.54. The summed E-state index contributed by atoms with van der Waals surface area (Å²) in [6, 6.07) is 16.9. The van der Waals surface area contributed by atoms with Crippen LogP contribution < -0.4 is 0 Å². The first-order valence-corrected chi connectivity index (χ1v) is 6.06. The first-order chi connectivity index (χ1) is 8.93. The Bertz CT molecular complexity index is 764. The lowest BCUT2D eigenvalue weighted by atomic mass is 10.1. The Kier molecular flexibility index (Phi) is 1.86. The average molecular weight is 232 g/mol. The molecule has 0 fully saturated rings. The van der Waals surface area contributed by atoms with E-state index in [-0.39, 0.29) is 0 Å². The van der Waals surface area contributed by atoms with Crippen molar-refractivity contribution in [3.8, 4) is 11.1 Å². The third-order valence-corrected chi connectivity index (χ3v) is 3.45. The third-order valence-electron chi connectivity index (χ3n) is 3.45. The standard InChI is InChI=1S/C16H12N2/c1-2-6-15-12(5-1)14(11-17-15)13-8-10-18-9-4-3-7-16(13)18/h1-11,17H. The molecular weight excluding hydrogens is 220 g/mol. The summed E-state index contributed by atoms with van der Waals surface area (Å²) in [4.78, 5) is 3.33. The molecule has 0 saturated heterocycles. The number of rotatable bonds is 1. The fourth-order valence-corrected chi connectivity index (χ4v) is 2.58. The number of hydrogen-bond donors (Lipinski definition) is 1. The maximum atomic E-state index is 3.33. The van der Waals surface area contributed by atoms with E-state index in [0.29, 0.717) is 0 Å². The number of hydrogen-bond acceptors (Lipinski definition) is 0. The molecule has 0 aliphatic rings. The molecule has 0 saturated carbocycles. The van der Waals surface area contributed by atoms with Crippen LogP contribution in [0.3, 0.4) is 0 Å². The number of H-pyrrole nitrogens is 1. The zero-order chi connectivity index (χ0) is 11.9. The van der Waals surface area contributed by atoms with Gasteiger partial charge in [0, 0.05) is 40.6 Å². The van der Waals surface area contributed by atoms with Crippen molar-refractivity contribution < 1.29 is 0 Å². The quantitative estimate of drug-likeness (QED) is 0.510. The highest BCUT2D eigenvalue weighted by Crippen LogP contribution is 2.31. The van der Waals surface area contributed by atoms with Crippen LogP contribution in [0.5, 0.6) is 0 Å². The van der Waals surface area contributed by atoms with E-state index < -0.39 is 0 Å². The Balaban J connectivity index is 2.08. The minimum Gasteiger partial charge on any atom is -0.361 e. The van der Waals surface area contributed by atoms with E-state index in [0.717, 1.165) is 0 Å². The van der Waals surface area contributed by atoms with Crippen molar-refractivity contribution in [3.63, 3.8) is 0 Å². The molecule has 2 nitrogen and oxygen atoms in total. The Morgan fingerprint density at radius 1 is 0.778 bits per heavy atom. The van der Waals surface area contributed by atoms with Crippen LogP contribution in [0, 0.1) is 0 Å². The SMILES string of the molecule is c1ccc2c(-c3ccn4ccccc34)c[nH]c2c1. The van der Waals surface area contributed by atoms with Crippen LogP contribution in [-0.4, -0.2) is 9.38 Å². The predicted octanol–water partition coefficient (Wildman–Crippen LogP) is 4.09. The monoisotopic (exact) mass is 232 g/mol. The zero-order valence-electron chi connectivity index (χ0n) is 9.80. The van der Waals surface area contributed by atoms with Gasteiger partial charge in [0.15, 0.2) is 0 Å². The maximum absolute atomic E-state index is 3.33. The summed E-state index contributed by atoms with van der Waals surface area (Å²) in [6.07, 6.45) is 6.27. The van der Waals surface area contributed by atoms with Crippen LogP contribution in [-0.2, 0) is 0 Å². The van der Waals surface area contributed by atoms with Crippen molar-refractivity contribution in [1.29, 1.82) is 0 Å². The molecule has 1 aromatic carbocycles. The van der Waals surface area contributed by atoms with Gasteiger partial charge < -0.3 is 9.38 Å². The molecule has 1 N–H and O–H groups in total. The number of para-hydroxylation sites is 1. The molecule has 3 heterocycles. The number of aromatic amines is 1. The molecule has 4 rings (SSSR count). The maximum Gasteiger partial charge on any atom is 0.0529 e. The highest BCUT2D eigenvalue weighted by molar-refractivity contribution is 5.99. The van der Waals surface area contributed by atoms with Gasteiger partial charge in [0.05, 0.1) is 5.52 Å². The lowest BCUT2D eigenvalue weighted by molar-refractivity contribution is 1.20. The zero-order valence-corrected chi connectivity index (χ0v) is 9.80. The molecule has 0 radical (unpaired) electrons. The molecule has 0 unspecified atom stereocenters. The second-order valence-corrected chi connectivity index (χ2v) is 4.47. The number of fused-ring (bicyclic) bond motifs is 2. The molecule has 86 valence electrons. The van der Waals surface area contributed by atoms with Gasteiger partial charge in [-0.3, -0.25) is 0 Å². The van der Waals surface area contributed by atoms with Crippen LogP contribution in [0.15, 0.2) is 67.1 Å². The summed E-state index contributed by atoms with van der Waals surface area (Å²) < 4.78 is 2.15. The normalized spacial score (nSPS) is 11.3. The number of aromatic nitrogens is 2. The summed E-state index contributed by atoms with van der Waals surface area (Å²) >= 11 is 0. The second-order valence-electron chi connectivity index (χ2n) is 4.47. The molecule has 0 atom stereocenters. The van der Waals surface area contributed by atoms with E-state index in [4.69, 9.17) is 0 Å². The fourth-order valence-electron chi connectivity index (χ4n) is 2.58. The summed E-state index contributed by atoms with van der Waals surface area (Å²) in [7, 11) is 0. The van der Waals surface area contributed by atoms with Gasteiger partial charge in [0.1, 0.15) is 0 Å². The molecule has 0 aliphatic heterocycles. The number of pyridine rings is 1. The van der Waals surface area contributed by atoms with Gasteiger partial charge in [0.2, 0.25) is 0 Å². The van der Waals surface area contributed by atoms with E-state index >= 15 is 0 Å². The summed E-state index contributed by atoms with van der Waals surface area (Å²) in [6.45, 7) is 0. The number of nitrogens with zero attached hydrogens (tertiary/aromatic N) is 1. The largest absolute Gasteiger partial charge is 0.361 e. The van der Waals surface area contributed by atoms with E-state index in [9.17, 15) is 0 Å². The van der Waals surface area contributed by atoms with Gasteiger partial charge in [-0.15, -0.1) is 0 Å². The van der Waals surface area contributed by atoms with Gasteiger partial charge in [-0.05, 0) is 24.3 Å². The third kappa shape index (κ3) is 1.23. The summed E-state index contributed by atoms with van der Waals surface area (Å²) in [5, 5.41) is 1.27. The number of nitrogens with one attached hydrogen (secondary N) is 1. The number of benzene rings is 1. The van der Waals surface area contributed by atoms with Crippen LogP contribution in [0.2, 0.25) is 0 Å². The Hall–Kier alpha value is -2.48. The molecule has 2 heteroatoms. The Morgan fingerprint density at radius 3 is 2.67 bits per heavy atom. The molecular formula is C16H12N2. The predicted molar refractivity (Wildman–Crippen MR) is 74.7 cm³/mol. The molecule has 18 heavy (non-hydrogen) atoms. The Morgan fingerprint density at radius 2 is 1.67 bits per heavy atom. The van der Waals surface area contributed by atoms with Gasteiger partial charge >= 0.3 is 0 Å². The van der Waals surface area contributed by atoms with Crippen molar-refractivity contribution in [1.82, 2.24) is 9.38 Å². The van der Waals surface area contributed by atoms with Crippen molar-refractivity contribution >= 4 is 16.4 Å². The van der Waals surface area contributed by atoms with Crippen molar-refractivity contribution in [3.05, 3.63) is 67.1 Å². The van der Waals surface area contributed by atoms with Gasteiger partial charge in [-0.25, -0.2) is 0 Å². The smallest absolute Gasteiger partial charge is 0.0529 e. The van der Waals surface area contributed by atoms with Crippen molar-refractivity contribution in [2.75, 3.05) is 0 Å². The minimum atomic E-state index is 1.18. The highest BCUT2D eigenvalue weighted by Gasteiger charge is 2.09. The van der Waals surface area contributed by atoms with Gasteiger partial charge in [-0.1, -0.05) is 24.3 Å². The van der Waals surface area contributed by atoms with E-state index in [1.54, 1.807) is 0 Å². The highest BCUT2D eigenvalue weighted by atomic mass is 14.9. The minimum absolute atomic E-state index is 1.18. The second kappa shape index (κ2) is 3.50. The van der Waals surface area contributed by atoms with Gasteiger partial charge in [0.25, 0.3) is 0 Å². The lowest BCUT2D eigenvalue weighted by Crippen LogP contribution is -1.79. The summed E-state index contributed by atoms with van der Waals surface area (Å²) in [5.74, 6) is 0. The van der Waals surface area contributed by atoms with Crippen LogP contribution in [0.4, 0.5) is 0 Å². The molecule has 4 aromatic rings. The van der Waals surface area contributed by atoms with E-state index in [1.807, 2.05) is 6.07 Å². The molecule has 3 aromatic heterocycles. The summed E-state index contributed by atoms with van der Waals surface area (Å²) in [5.41, 5.74) is 4.96. The average Bonchev–Trinajstić information content (AvgIpc) is 3.01. The van der Waals surface area contributed by atoms with Crippen molar-refractivity contribution in [2.24, 2.45) is 0 Å². The fraction of sp³-hybridized carbons (Fsp3) is 0. The molecule has 0 amide bonds. The molecule has 0 aliphatic carbocycles. The Labute approximate surface area is 104 Å². The lowest BCUT2D eigenvalue weighted by Gasteiger charge is -1.99. The van der Waals surface area contributed by atoms with Crippen LogP contribution in [0.25, 0.3) is 27.5 Å².